The first-order chi connectivity index (χ1) is 6.72. The van der Waals surface area contributed by atoms with Crippen molar-refractivity contribution in [2.75, 3.05) is 6.54 Å². The van der Waals surface area contributed by atoms with Gasteiger partial charge < -0.3 is 5.32 Å². The van der Waals surface area contributed by atoms with Crippen molar-refractivity contribution in [1.29, 1.82) is 0 Å². The lowest BCUT2D eigenvalue weighted by molar-refractivity contribution is 0.791. The normalized spacial score (nSPS) is 9.86. The van der Waals surface area contributed by atoms with E-state index in [-0.39, 0.29) is 0 Å². The first-order valence-corrected chi connectivity index (χ1v) is 5.19. The quantitative estimate of drug-likeness (QED) is 0.751. The van der Waals surface area contributed by atoms with Crippen LogP contribution in [-0.4, -0.2) is 6.54 Å². The van der Waals surface area contributed by atoms with Crippen LogP contribution in [0, 0.1) is 0 Å². The van der Waals surface area contributed by atoms with Crippen molar-refractivity contribution in [3.8, 4) is 0 Å². The zero-order valence-electron chi connectivity index (χ0n) is 9.14. The van der Waals surface area contributed by atoms with E-state index in [0.29, 0.717) is 0 Å². The molecule has 1 heteroatoms. The predicted octanol–water partition coefficient (Wildman–Crippen LogP) is 2.91. The highest BCUT2D eigenvalue weighted by Gasteiger charge is 1.93. The molecule has 1 rings (SSSR count). The second kappa shape index (κ2) is 5.48. The average molecular weight is 189 g/mol. The molecule has 0 saturated carbocycles. The Morgan fingerprint density at radius 2 is 1.79 bits per heavy atom. The number of aryl methyl sites for hydroxylation is 1. The summed E-state index contributed by atoms with van der Waals surface area (Å²) in [7, 11) is 0. The lowest BCUT2D eigenvalue weighted by Gasteiger charge is -2.05. The third kappa shape index (κ3) is 3.65. The number of nitrogens with one attached hydrogen (secondary N) is 1. The maximum atomic E-state index is 3.80. The van der Waals surface area contributed by atoms with Crippen molar-refractivity contribution in [3.05, 3.63) is 47.7 Å². The van der Waals surface area contributed by atoms with Crippen LogP contribution in [0.25, 0.3) is 0 Å². The van der Waals surface area contributed by atoms with E-state index in [4.69, 9.17) is 0 Å². The second-order valence-corrected chi connectivity index (χ2v) is 3.63. The molecule has 0 aliphatic carbocycles. The second-order valence-electron chi connectivity index (χ2n) is 3.63. The van der Waals surface area contributed by atoms with Gasteiger partial charge in [0.1, 0.15) is 0 Å². The van der Waals surface area contributed by atoms with E-state index in [1.807, 2.05) is 6.92 Å². The van der Waals surface area contributed by atoms with E-state index >= 15 is 0 Å². The van der Waals surface area contributed by atoms with Gasteiger partial charge in [-0.2, -0.15) is 0 Å². The molecule has 0 saturated heterocycles. The minimum Gasteiger partial charge on any atom is -0.389 e. The molecule has 0 aromatic heterocycles. The lowest BCUT2D eigenvalue weighted by Crippen LogP contribution is -2.13. The van der Waals surface area contributed by atoms with Crippen LogP contribution in [0.4, 0.5) is 0 Å². The molecule has 0 atom stereocenters. The van der Waals surface area contributed by atoms with Crippen molar-refractivity contribution < 1.29 is 0 Å². The smallest absolute Gasteiger partial charge is 0.0184 e. The van der Waals surface area contributed by atoms with Crippen molar-refractivity contribution in [2.45, 2.75) is 26.7 Å². The molecular weight excluding hydrogens is 170 g/mol. The fourth-order valence-electron chi connectivity index (χ4n) is 1.36. The molecule has 0 fully saturated rings. The zero-order valence-corrected chi connectivity index (χ0v) is 9.14. The van der Waals surface area contributed by atoms with E-state index in [1.165, 1.54) is 11.1 Å². The first-order valence-electron chi connectivity index (χ1n) is 5.19. The lowest BCUT2D eigenvalue weighted by atomic mass is 10.1. The summed E-state index contributed by atoms with van der Waals surface area (Å²) in [6, 6.07) is 8.82. The van der Waals surface area contributed by atoms with Gasteiger partial charge in [0.25, 0.3) is 0 Å². The molecular formula is C13H19N. The van der Waals surface area contributed by atoms with Gasteiger partial charge in [-0.3, -0.25) is 0 Å². The van der Waals surface area contributed by atoms with Crippen LogP contribution in [0.2, 0.25) is 0 Å². The summed E-state index contributed by atoms with van der Waals surface area (Å²) in [5.74, 6) is 0. The number of hydrogen-bond acceptors (Lipinski definition) is 1. The summed E-state index contributed by atoms with van der Waals surface area (Å²) < 4.78 is 0. The minimum atomic E-state index is 0.973. The van der Waals surface area contributed by atoms with Crippen LogP contribution in [0.1, 0.15) is 25.0 Å². The van der Waals surface area contributed by atoms with Crippen LogP contribution in [0.3, 0.4) is 0 Å². The van der Waals surface area contributed by atoms with Crippen LogP contribution >= 0.6 is 0 Å². The standard InChI is InChI=1S/C13H19N/c1-4-12-5-7-13(8-6-12)9-10-14-11(2)3/h5-8,14H,2,4,9-10H2,1,3H3. The average Bonchev–Trinajstić information content (AvgIpc) is 2.18. The van der Waals surface area contributed by atoms with Gasteiger partial charge in [0.2, 0.25) is 0 Å². The Morgan fingerprint density at radius 3 is 2.29 bits per heavy atom. The van der Waals surface area contributed by atoms with Crippen LogP contribution in [-0.2, 0) is 12.8 Å². The minimum absolute atomic E-state index is 0.973. The van der Waals surface area contributed by atoms with Gasteiger partial charge >= 0.3 is 0 Å². The Labute approximate surface area is 86.8 Å². The van der Waals surface area contributed by atoms with Gasteiger partial charge in [0.15, 0.2) is 0 Å². The maximum absolute atomic E-state index is 3.80. The van der Waals surface area contributed by atoms with Crippen molar-refractivity contribution in [1.82, 2.24) is 5.32 Å². The van der Waals surface area contributed by atoms with Crippen molar-refractivity contribution >= 4 is 0 Å². The van der Waals surface area contributed by atoms with E-state index in [1.54, 1.807) is 0 Å². The highest BCUT2D eigenvalue weighted by atomic mass is 14.9. The third-order valence-electron chi connectivity index (χ3n) is 2.27. The Morgan fingerprint density at radius 1 is 1.21 bits per heavy atom. The first kappa shape index (κ1) is 10.8. The molecule has 1 nitrogen and oxygen atoms in total. The number of hydrogen-bond donors (Lipinski definition) is 1. The maximum Gasteiger partial charge on any atom is 0.0184 e. The molecule has 0 aliphatic rings. The van der Waals surface area contributed by atoms with Gasteiger partial charge in [0.05, 0.1) is 0 Å². The van der Waals surface area contributed by atoms with Crippen LogP contribution in [0.15, 0.2) is 36.5 Å². The van der Waals surface area contributed by atoms with Gasteiger partial charge in [-0.1, -0.05) is 37.8 Å². The fourth-order valence-corrected chi connectivity index (χ4v) is 1.36. The molecule has 0 aliphatic heterocycles. The predicted molar refractivity (Wildman–Crippen MR) is 62.3 cm³/mol. The SMILES string of the molecule is C=C(C)NCCc1ccc(CC)cc1. The van der Waals surface area contributed by atoms with Crippen LogP contribution in [0.5, 0.6) is 0 Å². The van der Waals surface area contributed by atoms with Gasteiger partial charge in [0, 0.05) is 12.2 Å². The Bertz CT molecular complexity index is 285. The Kier molecular flexibility index (Phi) is 4.24. The Hall–Kier alpha value is -1.24. The third-order valence-corrected chi connectivity index (χ3v) is 2.27. The summed E-state index contributed by atoms with van der Waals surface area (Å²) in [5, 5.41) is 3.23. The zero-order chi connectivity index (χ0) is 10.4. The molecule has 76 valence electrons. The summed E-state index contributed by atoms with van der Waals surface area (Å²) in [4.78, 5) is 0. The van der Waals surface area contributed by atoms with Crippen LogP contribution < -0.4 is 5.32 Å². The summed E-state index contributed by atoms with van der Waals surface area (Å²) in [5.41, 5.74) is 3.83. The molecule has 1 aromatic rings. The van der Waals surface area contributed by atoms with E-state index in [9.17, 15) is 0 Å². The van der Waals surface area contributed by atoms with E-state index in [0.717, 1.165) is 25.1 Å². The monoisotopic (exact) mass is 189 g/mol. The summed E-state index contributed by atoms with van der Waals surface area (Å²) >= 11 is 0. The highest BCUT2D eigenvalue weighted by molar-refractivity contribution is 5.22. The number of allylic oxidation sites excluding steroid dienone is 1. The van der Waals surface area contributed by atoms with E-state index < -0.39 is 0 Å². The topological polar surface area (TPSA) is 12.0 Å². The Balaban J connectivity index is 2.40. The number of rotatable bonds is 5. The molecule has 0 spiro atoms. The molecule has 14 heavy (non-hydrogen) atoms. The molecule has 0 heterocycles. The summed E-state index contributed by atoms with van der Waals surface area (Å²) in [6.07, 6.45) is 2.18. The molecule has 0 unspecified atom stereocenters. The van der Waals surface area contributed by atoms with E-state index in [2.05, 4.69) is 43.1 Å². The van der Waals surface area contributed by atoms with Gasteiger partial charge in [-0.15, -0.1) is 0 Å². The molecule has 0 bridgehead atoms. The largest absolute Gasteiger partial charge is 0.389 e. The highest BCUT2D eigenvalue weighted by Crippen LogP contribution is 2.05. The molecule has 0 amide bonds. The number of benzene rings is 1. The van der Waals surface area contributed by atoms with Gasteiger partial charge in [-0.25, -0.2) is 0 Å². The molecule has 1 aromatic carbocycles. The van der Waals surface area contributed by atoms with Crippen molar-refractivity contribution in [2.24, 2.45) is 0 Å². The summed E-state index contributed by atoms with van der Waals surface area (Å²) in [6.45, 7) is 8.94. The van der Waals surface area contributed by atoms with Crippen molar-refractivity contribution in [3.63, 3.8) is 0 Å². The fraction of sp³-hybridized carbons (Fsp3) is 0.385. The molecule has 0 radical (unpaired) electrons. The molecule has 1 N–H and O–H groups in total. The van der Waals surface area contributed by atoms with Gasteiger partial charge in [-0.05, 0) is 30.9 Å².